The molecule has 0 atom stereocenters. The van der Waals surface area contributed by atoms with E-state index in [4.69, 9.17) is 10.8 Å². The standard InChI is InChI=1S/C9H9NOS2/c10-9-7(12)6-3-1-2-5(4-11)8(6)13-9/h1-3,11-12H,4,10H2. The molecule has 1 heterocycles. The topological polar surface area (TPSA) is 46.2 Å². The van der Waals surface area contributed by atoms with Crippen LogP contribution in [0.25, 0.3) is 10.1 Å². The van der Waals surface area contributed by atoms with E-state index in [2.05, 4.69) is 12.6 Å². The minimum atomic E-state index is 0.0461. The van der Waals surface area contributed by atoms with Crippen LogP contribution in [0.5, 0.6) is 0 Å². The van der Waals surface area contributed by atoms with Crippen LogP contribution in [0.1, 0.15) is 5.56 Å². The summed E-state index contributed by atoms with van der Waals surface area (Å²) in [7, 11) is 0. The second kappa shape index (κ2) is 3.21. The van der Waals surface area contributed by atoms with E-state index in [1.807, 2.05) is 18.2 Å². The van der Waals surface area contributed by atoms with Gasteiger partial charge < -0.3 is 10.8 Å². The van der Waals surface area contributed by atoms with E-state index in [-0.39, 0.29) is 6.61 Å². The smallest absolute Gasteiger partial charge is 0.100 e. The molecule has 0 saturated carbocycles. The van der Waals surface area contributed by atoms with Crippen LogP contribution in [0.2, 0.25) is 0 Å². The highest BCUT2D eigenvalue weighted by atomic mass is 32.1. The number of rotatable bonds is 1. The summed E-state index contributed by atoms with van der Waals surface area (Å²) >= 11 is 5.78. The van der Waals surface area contributed by atoms with Crippen LogP contribution in [0, 0.1) is 0 Å². The van der Waals surface area contributed by atoms with Crippen LogP contribution in [-0.2, 0) is 6.61 Å². The second-order valence-corrected chi connectivity index (χ2v) is 4.27. The van der Waals surface area contributed by atoms with Crippen molar-refractivity contribution in [2.75, 3.05) is 5.73 Å². The second-order valence-electron chi connectivity index (χ2n) is 2.77. The molecule has 4 heteroatoms. The minimum absolute atomic E-state index is 0.0461. The number of fused-ring (bicyclic) bond motifs is 1. The molecule has 3 N–H and O–H groups in total. The number of nitrogens with two attached hydrogens (primary N) is 1. The maximum absolute atomic E-state index is 9.08. The third kappa shape index (κ3) is 1.31. The molecule has 2 aromatic rings. The zero-order chi connectivity index (χ0) is 9.42. The SMILES string of the molecule is Nc1sc2c(CO)cccc2c1S. The minimum Gasteiger partial charge on any atom is -0.392 e. The number of thiophene rings is 1. The fourth-order valence-electron chi connectivity index (χ4n) is 1.31. The summed E-state index contributed by atoms with van der Waals surface area (Å²) in [5, 5.41) is 10.8. The fraction of sp³-hybridized carbons (Fsp3) is 0.111. The zero-order valence-electron chi connectivity index (χ0n) is 6.82. The highest BCUT2D eigenvalue weighted by Crippen LogP contribution is 2.37. The lowest BCUT2D eigenvalue weighted by Crippen LogP contribution is -1.81. The van der Waals surface area contributed by atoms with Gasteiger partial charge in [-0.25, -0.2) is 0 Å². The van der Waals surface area contributed by atoms with Gasteiger partial charge in [0.1, 0.15) is 5.00 Å². The summed E-state index contributed by atoms with van der Waals surface area (Å²) in [5.74, 6) is 0. The first-order valence-corrected chi connectivity index (χ1v) is 5.10. The van der Waals surface area contributed by atoms with Crippen LogP contribution < -0.4 is 5.73 Å². The maximum atomic E-state index is 9.08. The number of aliphatic hydroxyl groups is 1. The quantitative estimate of drug-likeness (QED) is 0.634. The molecule has 0 aliphatic carbocycles. The van der Waals surface area contributed by atoms with Crippen molar-refractivity contribution in [1.82, 2.24) is 0 Å². The lowest BCUT2D eigenvalue weighted by Gasteiger charge is -1.96. The summed E-state index contributed by atoms with van der Waals surface area (Å²) in [6.45, 7) is 0.0461. The molecule has 0 aliphatic rings. The monoisotopic (exact) mass is 211 g/mol. The number of anilines is 1. The molecule has 2 nitrogen and oxygen atoms in total. The van der Waals surface area contributed by atoms with E-state index in [0.717, 1.165) is 20.5 Å². The molecule has 0 unspecified atom stereocenters. The first kappa shape index (κ1) is 8.87. The van der Waals surface area contributed by atoms with Crippen LogP contribution >= 0.6 is 24.0 Å². The number of hydrogen-bond acceptors (Lipinski definition) is 4. The van der Waals surface area contributed by atoms with Gasteiger partial charge in [0.25, 0.3) is 0 Å². The molecule has 0 saturated heterocycles. The van der Waals surface area contributed by atoms with Crippen molar-refractivity contribution in [3.63, 3.8) is 0 Å². The Kier molecular flexibility index (Phi) is 2.19. The number of hydrogen-bond donors (Lipinski definition) is 3. The van der Waals surface area contributed by atoms with Gasteiger partial charge in [-0.3, -0.25) is 0 Å². The molecule has 0 bridgehead atoms. The van der Waals surface area contributed by atoms with Gasteiger partial charge in [0, 0.05) is 15.0 Å². The summed E-state index contributed by atoms with van der Waals surface area (Å²) in [6, 6.07) is 5.76. The largest absolute Gasteiger partial charge is 0.392 e. The zero-order valence-corrected chi connectivity index (χ0v) is 8.53. The van der Waals surface area contributed by atoms with Crippen molar-refractivity contribution in [1.29, 1.82) is 0 Å². The van der Waals surface area contributed by atoms with Gasteiger partial charge in [0.15, 0.2) is 0 Å². The first-order valence-electron chi connectivity index (χ1n) is 3.83. The molecule has 2 rings (SSSR count). The molecular formula is C9H9NOS2. The summed E-state index contributed by atoms with van der Waals surface area (Å²) in [5.41, 5.74) is 6.65. The highest BCUT2D eigenvalue weighted by Gasteiger charge is 2.08. The lowest BCUT2D eigenvalue weighted by atomic mass is 10.2. The van der Waals surface area contributed by atoms with Crippen molar-refractivity contribution in [2.24, 2.45) is 0 Å². The predicted octanol–water partition coefficient (Wildman–Crippen LogP) is 2.26. The van der Waals surface area contributed by atoms with Crippen LogP contribution in [0.4, 0.5) is 5.00 Å². The average Bonchev–Trinajstić information content (AvgIpc) is 2.43. The molecule has 13 heavy (non-hydrogen) atoms. The molecule has 1 aromatic heterocycles. The highest BCUT2D eigenvalue weighted by molar-refractivity contribution is 7.81. The Morgan fingerprint density at radius 1 is 1.46 bits per heavy atom. The van der Waals surface area contributed by atoms with E-state index in [1.165, 1.54) is 11.3 Å². The van der Waals surface area contributed by atoms with Gasteiger partial charge in [-0.05, 0) is 5.56 Å². The number of thiol groups is 1. The predicted molar refractivity (Wildman–Crippen MR) is 59.4 cm³/mol. The summed E-state index contributed by atoms with van der Waals surface area (Å²) in [6.07, 6.45) is 0. The van der Waals surface area contributed by atoms with E-state index >= 15 is 0 Å². The number of aliphatic hydroxyl groups excluding tert-OH is 1. The Labute approximate surface area is 85.4 Å². The normalized spacial score (nSPS) is 10.9. The third-order valence-electron chi connectivity index (χ3n) is 1.97. The summed E-state index contributed by atoms with van der Waals surface area (Å²) < 4.78 is 1.03. The molecule has 0 aliphatic heterocycles. The van der Waals surface area contributed by atoms with E-state index < -0.39 is 0 Å². The number of nitrogen functional groups attached to an aromatic ring is 1. The van der Waals surface area contributed by atoms with Crippen LogP contribution in [0.15, 0.2) is 23.1 Å². The van der Waals surface area contributed by atoms with Crippen LogP contribution in [-0.4, -0.2) is 5.11 Å². The summed E-state index contributed by atoms with van der Waals surface area (Å²) in [4.78, 5) is 0.815. The molecule has 0 spiro atoms. The Bertz CT molecular complexity index is 450. The van der Waals surface area contributed by atoms with Crippen molar-refractivity contribution in [3.8, 4) is 0 Å². The van der Waals surface area contributed by atoms with E-state index in [1.54, 1.807) is 0 Å². The van der Waals surface area contributed by atoms with Gasteiger partial charge in [-0.15, -0.1) is 24.0 Å². The Hall–Kier alpha value is -0.710. The van der Waals surface area contributed by atoms with Gasteiger partial charge in [-0.1, -0.05) is 18.2 Å². The first-order chi connectivity index (χ1) is 6.24. The lowest BCUT2D eigenvalue weighted by molar-refractivity contribution is 0.283. The fourth-order valence-corrected chi connectivity index (χ4v) is 2.68. The van der Waals surface area contributed by atoms with Crippen molar-refractivity contribution in [2.45, 2.75) is 11.5 Å². The van der Waals surface area contributed by atoms with Gasteiger partial charge in [0.2, 0.25) is 0 Å². The Morgan fingerprint density at radius 2 is 2.23 bits per heavy atom. The van der Waals surface area contributed by atoms with Crippen molar-refractivity contribution >= 4 is 39.1 Å². The van der Waals surface area contributed by atoms with E-state index in [0.29, 0.717) is 5.00 Å². The molecule has 1 aromatic carbocycles. The van der Waals surface area contributed by atoms with Crippen molar-refractivity contribution in [3.05, 3.63) is 23.8 Å². The molecule has 0 radical (unpaired) electrons. The van der Waals surface area contributed by atoms with Gasteiger partial charge >= 0.3 is 0 Å². The van der Waals surface area contributed by atoms with Crippen molar-refractivity contribution < 1.29 is 5.11 Å². The molecule has 68 valence electrons. The average molecular weight is 211 g/mol. The third-order valence-corrected chi connectivity index (χ3v) is 3.71. The Morgan fingerprint density at radius 3 is 2.92 bits per heavy atom. The Balaban J connectivity index is 2.84. The number of benzene rings is 1. The molecule has 0 fully saturated rings. The molecule has 0 amide bonds. The molecular weight excluding hydrogens is 202 g/mol. The van der Waals surface area contributed by atoms with E-state index in [9.17, 15) is 0 Å². The maximum Gasteiger partial charge on any atom is 0.100 e. The van der Waals surface area contributed by atoms with Gasteiger partial charge in [-0.2, -0.15) is 0 Å². The van der Waals surface area contributed by atoms with Gasteiger partial charge in [0.05, 0.1) is 6.61 Å². The van der Waals surface area contributed by atoms with Crippen LogP contribution in [0.3, 0.4) is 0 Å².